The zero-order valence-electron chi connectivity index (χ0n) is 33.9. The molecule has 0 radical (unpaired) electrons. The molecule has 0 saturated heterocycles. The van der Waals surface area contributed by atoms with Gasteiger partial charge in [0.1, 0.15) is 0 Å². The van der Waals surface area contributed by atoms with Crippen molar-refractivity contribution < 1.29 is 0 Å². The van der Waals surface area contributed by atoms with E-state index < -0.39 is 0 Å². The summed E-state index contributed by atoms with van der Waals surface area (Å²) in [6.45, 7) is 0. The SMILES string of the molecule is c1ccc(N(c2ccccc2)c2cc(-c3cccc(N(c4ccccc4)c4cc5sc6ccccc6c5c5ccccc45)c3)cc(N(c3ccccc3)c3ccccc3)c2)cc1. The standard InChI is InChI=1S/C58H41N3S/c1-6-22-44(23-7-1)59(45-24-8-2-9-25-45)50-38-43(39-51(40-50)60(46-26-10-3-11-27-46)47-28-12-4-13-29-47)42-21-20-32-49(37-42)61(48-30-14-5-15-31-48)55-41-57-58(53-34-17-16-33-52(53)55)54-35-18-19-36-56(54)62-57/h1-41H. The molecule has 0 aliphatic rings. The average Bonchev–Trinajstić information content (AvgIpc) is 3.72. The smallest absolute Gasteiger partial charge is 0.0554 e. The van der Waals surface area contributed by atoms with Gasteiger partial charge in [0.15, 0.2) is 0 Å². The second kappa shape index (κ2) is 16.3. The lowest BCUT2D eigenvalue weighted by Crippen LogP contribution is -2.13. The molecular weight excluding hydrogens is 771 g/mol. The van der Waals surface area contributed by atoms with E-state index in [1.807, 2.05) is 11.3 Å². The van der Waals surface area contributed by atoms with Crippen LogP contribution in [-0.2, 0) is 0 Å². The predicted octanol–water partition coefficient (Wildman–Crippen LogP) is 17.3. The third kappa shape index (κ3) is 6.93. The summed E-state index contributed by atoms with van der Waals surface area (Å²) in [7, 11) is 0. The van der Waals surface area contributed by atoms with E-state index in [1.165, 1.54) is 30.9 Å². The normalized spacial score (nSPS) is 11.2. The molecule has 1 heterocycles. The van der Waals surface area contributed by atoms with Gasteiger partial charge in [0.05, 0.1) is 5.69 Å². The van der Waals surface area contributed by atoms with Crippen LogP contribution in [0.3, 0.4) is 0 Å². The Morgan fingerprint density at radius 3 is 1.16 bits per heavy atom. The van der Waals surface area contributed by atoms with E-state index in [0.717, 1.165) is 62.3 Å². The van der Waals surface area contributed by atoms with Crippen molar-refractivity contribution in [3.05, 3.63) is 249 Å². The zero-order valence-corrected chi connectivity index (χ0v) is 34.7. The van der Waals surface area contributed by atoms with Crippen molar-refractivity contribution in [1.82, 2.24) is 0 Å². The second-order valence-corrected chi connectivity index (χ2v) is 16.5. The van der Waals surface area contributed by atoms with E-state index in [-0.39, 0.29) is 0 Å². The molecule has 0 amide bonds. The molecule has 0 aliphatic carbocycles. The highest BCUT2D eigenvalue weighted by Crippen LogP contribution is 2.48. The van der Waals surface area contributed by atoms with Crippen LogP contribution in [0.1, 0.15) is 0 Å². The van der Waals surface area contributed by atoms with Gasteiger partial charge in [-0.25, -0.2) is 0 Å². The summed E-state index contributed by atoms with van der Waals surface area (Å²) in [5, 5.41) is 5.10. The molecule has 10 aromatic carbocycles. The maximum Gasteiger partial charge on any atom is 0.0554 e. The number of rotatable bonds is 10. The number of hydrogen-bond acceptors (Lipinski definition) is 4. The summed E-state index contributed by atoms with van der Waals surface area (Å²) in [5.41, 5.74) is 12.0. The fourth-order valence-electron chi connectivity index (χ4n) is 8.81. The van der Waals surface area contributed by atoms with Crippen molar-refractivity contribution >= 4 is 93.5 Å². The van der Waals surface area contributed by atoms with Gasteiger partial charge in [-0.05, 0) is 120 Å². The molecular formula is C58H41N3S. The van der Waals surface area contributed by atoms with Crippen molar-refractivity contribution in [3.8, 4) is 11.1 Å². The van der Waals surface area contributed by atoms with Crippen molar-refractivity contribution in [2.24, 2.45) is 0 Å². The van der Waals surface area contributed by atoms with E-state index in [1.54, 1.807) is 0 Å². The highest BCUT2D eigenvalue weighted by Gasteiger charge is 2.22. The van der Waals surface area contributed by atoms with Crippen molar-refractivity contribution in [2.45, 2.75) is 0 Å². The number of fused-ring (bicyclic) bond motifs is 5. The van der Waals surface area contributed by atoms with E-state index >= 15 is 0 Å². The average molecular weight is 812 g/mol. The van der Waals surface area contributed by atoms with E-state index in [2.05, 4.69) is 263 Å². The first kappa shape index (κ1) is 37.1. The number of para-hydroxylation sites is 5. The molecule has 0 bridgehead atoms. The Morgan fingerprint density at radius 2 is 0.645 bits per heavy atom. The third-order valence-electron chi connectivity index (χ3n) is 11.5. The van der Waals surface area contributed by atoms with Crippen LogP contribution in [0.15, 0.2) is 249 Å². The van der Waals surface area contributed by atoms with Gasteiger partial charge in [-0.3, -0.25) is 0 Å². The molecule has 11 rings (SSSR count). The van der Waals surface area contributed by atoms with Crippen LogP contribution in [0.5, 0.6) is 0 Å². The Bertz CT molecular complexity index is 3120. The Kier molecular flexibility index (Phi) is 9.74. The Labute approximate surface area is 366 Å². The maximum atomic E-state index is 2.43. The van der Waals surface area contributed by atoms with Gasteiger partial charge in [0, 0.05) is 71.1 Å². The topological polar surface area (TPSA) is 9.72 Å². The van der Waals surface area contributed by atoms with Crippen LogP contribution in [0, 0.1) is 0 Å². The molecule has 0 atom stereocenters. The summed E-state index contributed by atoms with van der Waals surface area (Å²) in [4.78, 5) is 7.14. The molecule has 0 aliphatic heterocycles. The highest BCUT2D eigenvalue weighted by molar-refractivity contribution is 7.26. The minimum atomic E-state index is 1.05. The molecule has 0 saturated carbocycles. The molecule has 0 fully saturated rings. The van der Waals surface area contributed by atoms with E-state index in [0.29, 0.717) is 0 Å². The first-order valence-electron chi connectivity index (χ1n) is 21.0. The monoisotopic (exact) mass is 811 g/mol. The van der Waals surface area contributed by atoms with Crippen molar-refractivity contribution in [2.75, 3.05) is 14.7 Å². The number of benzene rings is 10. The van der Waals surface area contributed by atoms with Gasteiger partial charge in [-0.1, -0.05) is 146 Å². The lowest BCUT2D eigenvalue weighted by atomic mass is 9.99. The summed E-state index contributed by atoms with van der Waals surface area (Å²) in [6, 6.07) is 89.5. The van der Waals surface area contributed by atoms with Crippen molar-refractivity contribution in [1.29, 1.82) is 0 Å². The largest absolute Gasteiger partial charge is 0.310 e. The van der Waals surface area contributed by atoms with Gasteiger partial charge >= 0.3 is 0 Å². The molecule has 1 aromatic heterocycles. The zero-order chi connectivity index (χ0) is 41.2. The van der Waals surface area contributed by atoms with E-state index in [4.69, 9.17) is 0 Å². The summed E-state index contributed by atoms with van der Waals surface area (Å²) >= 11 is 1.86. The first-order chi connectivity index (χ1) is 30.8. The Balaban J connectivity index is 1.14. The minimum absolute atomic E-state index is 1.05. The van der Waals surface area contributed by atoms with Gasteiger partial charge < -0.3 is 14.7 Å². The van der Waals surface area contributed by atoms with Crippen LogP contribution >= 0.6 is 11.3 Å². The molecule has 4 heteroatoms. The fourth-order valence-corrected chi connectivity index (χ4v) is 9.96. The first-order valence-corrected chi connectivity index (χ1v) is 21.8. The number of anilines is 9. The number of hydrogen-bond donors (Lipinski definition) is 0. The Morgan fingerprint density at radius 1 is 0.242 bits per heavy atom. The molecule has 3 nitrogen and oxygen atoms in total. The summed E-state index contributed by atoms with van der Waals surface area (Å²) < 4.78 is 2.58. The van der Waals surface area contributed by atoms with Crippen molar-refractivity contribution in [3.63, 3.8) is 0 Å². The molecule has 0 N–H and O–H groups in total. The molecule has 0 unspecified atom stereocenters. The predicted molar refractivity (Wildman–Crippen MR) is 266 cm³/mol. The Hall–Kier alpha value is -7.92. The quantitative estimate of drug-likeness (QED) is 0.136. The van der Waals surface area contributed by atoms with Crippen LogP contribution in [0.2, 0.25) is 0 Å². The minimum Gasteiger partial charge on any atom is -0.310 e. The lowest BCUT2D eigenvalue weighted by molar-refractivity contribution is 1.25. The lowest BCUT2D eigenvalue weighted by Gasteiger charge is -2.30. The van der Waals surface area contributed by atoms with Gasteiger partial charge in [0.25, 0.3) is 0 Å². The highest BCUT2D eigenvalue weighted by atomic mass is 32.1. The molecule has 0 spiro atoms. The molecule has 62 heavy (non-hydrogen) atoms. The summed E-state index contributed by atoms with van der Waals surface area (Å²) in [6.07, 6.45) is 0. The fraction of sp³-hybridized carbons (Fsp3) is 0. The van der Waals surface area contributed by atoms with Gasteiger partial charge in [-0.2, -0.15) is 0 Å². The second-order valence-electron chi connectivity index (χ2n) is 15.4. The van der Waals surface area contributed by atoms with Crippen LogP contribution in [0.25, 0.3) is 42.1 Å². The van der Waals surface area contributed by atoms with Crippen LogP contribution in [0.4, 0.5) is 51.2 Å². The third-order valence-corrected chi connectivity index (χ3v) is 12.7. The van der Waals surface area contributed by atoms with Gasteiger partial charge in [-0.15, -0.1) is 11.3 Å². The van der Waals surface area contributed by atoms with Gasteiger partial charge in [0.2, 0.25) is 0 Å². The number of nitrogens with zero attached hydrogens (tertiary/aromatic N) is 3. The van der Waals surface area contributed by atoms with E-state index in [9.17, 15) is 0 Å². The molecule has 294 valence electrons. The molecule has 11 aromatic rings. The number of thiophene rings is 1. The van der Waals surface area contributed by atoms with Crippen LogP contribution in [-0.4, -0.2) is 0 Å². The van der Waals surface area contributed by atoms with Crippen LogP contribution < -0.4 is 14.7 Å². The summed E-state index contributed by atoms with van der Waals surface area (Å²) in [5.74, 6) is 0. The maximum absolute atomic E-state index is 2.43.